The van der Waals surface area contributed by atoms with Gasteiger partial charge in [0.2, 0.25) is 11.8 Å². The Morgan fingerprint density at radius 2 is 1.69 bits per heavy atom. The number of amides is 2. The molecule has 4 fully saturated rings. The molecule has 1 aromatic carbocycles. The monoisotopic (exact) mass is 362 g/mol. The molecule has 3 heterocycles. The van der Waals surface area contributed by atoms with Crippen molar-refractivity contribution in [2.24, 2.45) is 11.8 Å². The molecule has 1 aliphatic carbocycles. The molecular weight excluding hydrogens is 338 g/mol. The first-order valence-electron chi connectivity index (χ1n) is 9.53. The average Bonchev–Trinajstić information content (AvgIpc) is 2.84. The number of hydrogen-bond acceptors (Lipinski definition) is 2. The number of fused-ring (bicyclic) bond motifs is 4. The molecule has 4 aliphatic rings. The third-order valence-corrected chi connectivity index (χ3v) is 6.08. The summed E-state index contributed by atoms with van der Waals surface area (Å²) in [6.07, 6.45) is 5.01. The Balaban J connectivity index is 1.45. The quantitative estimate of drug-likeness (QED) is 0.830. The molecule has 26 heavy (non-hydrogen) atoms. The number of rotatable bonds is 3. The average molecular weight is 362 g/mol. The minimum Gasteiger partial charge on any atom is -0.340 e. The molecule has 0 N–H and O–H groups in total. The summed E-state index contributed by atoms with van der Waals surface area (Å²) in [7, 11) is 0. The van der Waals surface area contributed by atoms with E-state index in [2.05, 4.69) is 0 Å². The number of halogens is 2. The normalized spacial score (nSPS) is 25.8. The minimum atomic E-state index is -0.664. The van der Waals surface area contributed by atoms with E-state index in [4.69, 9.17) is 0 Å². The molecule has 3 aliphatic heterocycles. The number of hydrogen-bond donors (Lipinski definition) is 0. The van der Waals surface area contributed by atoms with Crippen LogP contribution in [0.3, 0.4) is 0 Å². The van der Waals surface area contributed by atoms with Crippen molar-refractivity contribution in [1.29, 1.82) is 0 Å². The summed E-state index contributed by atoms with van der Waals surface area (Å²) in [5.74, 6) is -0.722. The summed E-state index contributed by atoms with van der Waals surface area (Å²) >= 11 is 0. The van der Waals surface area contributed by atoms with Gasteiger partial charge in [-0.2, -0.15) is 0 Å². The van der Waals surface area contributed by atoms with E-state index < -0.39 is 11.6 Å². The van der Waals surface area contributed by atoms with Crippen LogP contribution < -0.4 is 0 Å². The van der Waals surface area contributed by atoms with E-state index >= 15 is 0 Å². The van der Waals surface area contributed by atoms with Gasteiger partial charge in [-0.3, -0.25) is 9.59 Å². The molecule has 0 aromatic heterocycles. The van der Waals surface area contributed by atoms with E-state index in [1.807, 2.05) is 9.80 Å². The SMILES string of the molecule is O=C(C1CCC1)N1C[C@@H]2CC[C@H](C1)N(C(=O)Cc1cc(F)cc(F)c1)C2. The Hall–Kier alpha value is -1.98. The van der Waals surface area contributed by atoms with Gasteiger partial charge in [-0.05, 0) is 49.3 Å². The summed E-state index contributed by atoms with van der Waals surface area (Å²) in [6.45, 7) is 1.95. The van der Waals surface area contributed by atoms with Gasteiger partial charge >= 0.3 is 0 Å². The molecule has 0 spiro atoms. The first-order valence-corrected chi connectivity index (χ1v) is 9.53. The van der Waals surface area contributed by atoms with E-state index in [0.29, 0.717) is 24.6 Å². The maximum absolute atomic E-state index is 13.4. The van der Waals surface area contributed by atoms with Gasteiger partial charge in [-0.15, -0.1) is 0 Å². The lowest BCUT2D eigenvalue weighted by molar-refractivity contribution is -0.139. The first-order chi connectivity index (χ1) is 12.5. The summed E-state index contributed by atoms with van der Waals surface area (Å²) < 4.78 is 26.8. The molecule has 3 saturated heterocycles. The molecule has 5 rings (SSSR count). The topological polar surface area (TPSA) is 40.6 Å². The second kappa shape index (κ2) is 6.97. The van der Waals surface area contributed by atoms with E-state index in [-0.39, 0.29) is 30.2 Å². The largest absolute Gasteiger partial charge is 0.340 e. The highest BCUT2D eigenvalue weighted by Gasteiger charge is 2.40. The molecule has 6 heteroatoms. The van der Waals surface area contributed by atoms with Gasteiger partial charge in [-0.1, -0.05) is 6.42 Å². The Morgan fingerprint density at radius 1 is 0.962 bits per heavy atom. The summed E-state index contributed by atoms with van der Waals surface area (Å²) in [5, 5.41) is 0. The van der Waals surface area contributed by atoms with Gasteiger partial charge in [0.25, 0.3) is 0 Å². The van der Waals surface area contributed by atoms with Crippen molar-refractivity contribution in [3.8, 4) is 0 Å². The number of carbonyl (C=O) groups excluding carboxylic acids is 2. The lowest BCUT2D eigenvalue weighted by atomic mass is 9.84. The standard InChI is InChI=1S/C20H24F2N2O2/c21-16-6-14(7-17(22)9-16)8-19(25)24-11-13-4-5-18(24)12-23(10-13)20(26)15-2-1-3-15/h6-7,9,13,15,18H,1-5,8,10-12H2/t13-,18+/m0/s1. The third kappa shape index (κ3) is 3.46. The highest BCUT2D eigenvalue weighted by atomic mass is 19.1. The van der Waals surface area contributed by atoms with Crippen molar-refractivity contribution in [1.82, 2.24) is 9.80 Å². The highest BCUT2D eigenvalue weighted by molar-refractivity contribution is 5.81. The van der Waals surface area contributed by atoms with E-state index in [0.717, 1.165) is 44.7 Å². The van der Waals surface area contributed by atoms with Crippen LogP contribution in [0.25, 0.3) is 0 Å². The fraction of sp³-hybridized carbons (Fsp3) is 0.600. The lowest BCUT2D eigenvalue weighted by Crippen LogP contribution is -2.48. The number of carbonyl (C=O) groups is 2. The van der Waals surface area contributed by atoms with Crippen LogP contribution in [-0.2, 0) is 16.0 Å². The van der Waals surface area contributed by atoms with Gasteiger partial charge in [-0.25, -0.2) is 8.78 Å². The van der Waals surface area contributed by atoms with Crippen molar-refractivity contribution in [3.05, 3.63) is 35.4 Å². The van der Waals surface area contributed by atoms with Gasteiger partial charge in [0.05, 0.1) is 6.42 Å². The van der Waals surface area contributed by atoms with Crippen LogP contribution in [0.2, 0.25) is 0 Å². The fourth-order valence-corrected chi connectivity index (χ4v) is 4.47. The van der Waals surface area contributed by atoms with Crippen molar-refractivity contribution >= 4 is 11.8 Å². The molecule has 2 atom stereocenters. The Labute approximate surface area is 152 Å². The zero-order valence-corrected chi connectivity index (χ0v) is 14.8. The smallest absolute Gasteiger partial charge is 0.227 e. The zero-order valence-electron chi connectivity index (χ0n) is 14.8. The van der Waals surface area contributed by atoms with Crippen molar-refractivity contribution in [2.45, 2.75) is 44.6 Å². The van der Waals surface area contributed by atoms with Crippen LogP contribution in [0.5, 0.6) is 0 Å². The van der Waals surface area contributed by atoms with Gasteiger partial charge in [0.15, 0.2) is 0 Å². The minimum absolute atomic E-state index is 0.00548. The van der Waals surface area contributed by atoms with Crippen LogP contribution in [-0.4, -0.2) is 47.3 Å². The summed E-state index contributed by atoms with van der Waals surface area (Å²) in [6, 6.07) is 3.25. The maximum atomic E-state index is 13.4. The second-order valence-corrected chi connectivity index (χ2v) is 7.97. The highest BCUT2D eigenvalue weighted by Crippen LogP contribution is 2.33. The van der Waals surface area contributed by atoms with Crippen LogP contribution in [0.1, 0.15) is 37.7 Å². The second-order valence-electron chi connectivity index (χ2n) is 7.97. The fourth-order valence-electron chi connectivity index (χ4n) is 4.47. The predicted molar refractivity (Wildman–Crippen MR) is 92.2 cm³/mol. The molecule has 1 aromatic rings. The first kappa shape index (κ1) is 17.4. The van der Waals surface area contributed by atoms with Crippen LogP contribution in [0.4, 0.5) is 8.78 Å². The molecule has 4 nitrogen and oxygen atoms in total. The number of nitrogens with zero attached hydrogens (tertiary/aromatic N) is 2. The Bertz CT molecular complexity index is 700. The molecule has 1 saturated carbocycles. The predicted octanol–water partition coefficient (Wildman–Crippen LogP) is 2.76. The lowest BCUT2D eigenvalue weighted by Gasteiger charge is -2.36. The van der Waals surface area contributed by atoms with Crippen LogP contribution >= 0.6 is 0 Å². The van der Waals surface area contributed by atoms with Gasteiger partial charge < -0.3 is 9.80 Å². The zero-order chi connectivity index (χ0) is 18.3. The molecular formula is C20H24F2N2O2. The summed E-state index contributed by atoms with van der Waals surface area (Å²) in [5.41, 5.74) is 0.357. The Morgan fingerprint density at radius 3 is 2.35 bits per heavy atom. The molecule has 2 bridgehead atoms. The van der Waals surface area contributed by atoms with E-state index in [9.17, 15) is 18.4 Å². The van der Waals surface area contributed by atoms with Crippen LogP contribution in [0.15, 0.2) is 18.2 Å². The van der Waals surface area contributed by atoms with Gasteiger partial charge in [0, 0.05) is 37.7 Å². The van der Waals surface area contributed by atoms with Crippen molar-refractivity contribution in [3.63, 3.8) is 0 Å². The number of piperidine rings is 1. The van der Waals surface area contributed by atoms with Crippen molar-refractivity contribution < 1.29 is 18.4 Å². The Kier molecular flexibility index (Phi) is 4.67. The summed E-state index contributed by atoms with van der Waals surface area (Å²) in [4.78, 5) is 29.2. The maximum Gasteiger partial charge on any atom is 0.227 e. The van der Waals surface area contributed by atoms with Gasteiger partial charge in [0.1, 0.15) is 11.6 Å². The molecule has 0 unspecified atom stereocenters. The third-order valence-electron chi connectivity index (χ3n) is 6.08. The van der Waals surface area contributed by atoms with Crippen molar-refractivity contribution in [2.75, 3.05) is 19.6 Å². The molecule has 2 amide bonds. The number of benzene rings is 1. The molecule has 140 valence electrons. The molecule has 0 radical (unpaired) electrons. The van der Waals surface area contributed by atoms with Crippen LogP contribution in [0, 0.1) is 23.5 Å². The van der Waals surface area contributed by atoms with E-state index in [1.165, 1.54) is 12.1 Å². The van der Waals surface area contributed by atoms with E-state index in [1.54, 1.807) is 0 Å².